The molecule has 0 amide bonds. The van der Waals surface area contributed by atoms with Crippen LogP contribution in [-0.2, 0) is 16.4 Å². The van der Waals surface area contributed by atoms with Gasteiger partial charge in [0.1, 0.15) is 0 Å². The summed E-state index contributed by atoms with van der Waals surface area (Å²) in [5.41, 5.74) is 0.0842. The molecule has 0 bridgehead atoms. The smallest absolute Gasteiger partial charge is 0.151 e. The lowest BCUT2D eigenvalue weighted by atomic mass is 10.1. The van der Waals surface area contributed by atoms with E-state index in [0.29, 0.717) is 5.75 Å². The monoisotopic (exact) mass is 288 g/mol. The normalized spacial score (nSPS) is 23.4. The number of sulfone groups is 1. The highest BCUT2D eigenvalue weighted by atomic mass is 32.2. The number of nitrogens with zero attached hydrogens (tertiary/aromatic N) is 1. The summed E-state index contributed by atoms with van der Waals surface area (Å²) >= 11 is 1.63. The Morgan fingerprint density at radius 2 is 2.22 bits per heavy atom. The number of hydrogen-bond acceptors (Lipinski definition) is 5. The van der Waals surface area contributed by atoms with Gasteiger partial charge in [-0.2, -0.15) is 0 Å². The zero-order valence-electron chi connectivity index (χ0n) is 11.1. The van der Waals surface area contributed by atoms with Crippen LogP contribution in [0.4, 0.5) is 0 Å². The van der Waals surface area contributed by atoms with E-state index in [-0.39, 0.29) is 17.2 Å². The third-order valence-electron chi connectivity index (χ3n) is 2.95. The van der Waals surface area contributed by atoms with E-state index in [1.54, 1.807) is 11.3 Å². The molecule has 1 aromatic rings. The van der Waals surface area contributed by atoms with Gasteiger partial charge in [0.25, 0.3) is 0 Å². The molecule has 2 heterocycles. The fraction of sp³-hybridized carbons (Fsp3) is 0.750. The van der Waals surface area contributed by atoms with Crippen molar-refractivity contribution in [1.29, 1.82) is 0 Å². The molecule has 0 aromatic carbocycles. The third kappa shape index (κ3) is 3.76. The van der Waals surface area contributed by atoms with E-state index in [1.165, 1.54) is 4.88 Å². The average molecular weight is 288 g/mol. The largest absolute Gasteiger partial charge is 0.307 e. The van der Waals surface area contributed by atoms with Gasteiger partial charge in [0.2, 0.25) is 0 Å². The maximum Gasteiger partial charge on any atom is 0.151 e. The van der Waals surface area contributed by atoms with E-state index < -0.39 is 9.84 Å². The van der Waals surface area contributed by atoms with Gasteiger partial charge in [-0.25, -0.2) is 13.4 Å². The van der Waals surface area contributed by atoms with Crippen LogP contribution in [0.1, 0.15) is 43.0 Å². The van der Waals surface area contributed by atoms with E-state index in [2.05, 4.69) is 31.1 Å². The maximum atomic E-state index is 11.4. The molecule has 1 aliphatic heterocycles. The first-order valence-electron chi connectivity index (χ1n) is 6.15. The van der Waals surface area contributed by atoms with Crippen molar-refractivity contribution < 1.29 is 8.42 Å². The fourth-order valence-electron chi connectivity index (χ4n) is 1.94. The predicted molar refractivity (Wildman–Crippen MR) is 74.7 cm³/mol. The molecule has 0 radical (unpaired) electrons. The van der Waals surface area contributed by atoms with Gasteiger partial charge in [-0.15, -0.1) is 11.3 Å². The molecule has 102 valence electrons. The highest BCUT2D eigenvalue weighted by Gasteiger charge is 2.30. The minimum atomic E-state index is -2.82. The van der Waals surface area contributed by atoms with E-state index in [4.69, 9.17) is 0 Å². The second-order valence-electron chi connectivity index (χ2n) is 5.87. The highest BCUT2D eigenvalue weighted by molar-refractivity contribution is 7.91. The molecule has 6 heteroatoms. The van der Waals surface area contributed by atoms with Crippen LogP contribution in [0.3, 0.4) is 0 Å². The Kier molecular flexibility index (Phi) is 3.80. The van der Waals surface area contributed by atoms with Gasteiger partial charge in [-0.1, -0.05) is 0 Å². The highest BCUT2D eigenvalue weighted by Crippen LogP contribution is 2.31. The van der Waals surface area contributed by atoms with Crippen LogP contribution < -0.4 is 5.32 Å². The van der Waals surface area contributed by atoms with Crippen molar-refractivity contribution in [2.75, 3.05) is 11.5 Å². The van der Waals surface area contributed by atoms with Crippen molar-refractivity contribution in [2.45, 2.75) is 45.2 Å². The second kappa shape index (κ2) is 4.90. The Morgan fingerprint density at radius 1 is 1.50 bits per heavy atom. The third-order valence-corrected chi connectivity index (χ3v) is 5.87. The zero-order valence-corrected chi connectivity index (χ0v) is 12.7. The number of nitrogens with one attached hydrogen (secondary N) is 1. The Labute approximate surface area is 113 Å². The van der Waals surface area contributed by atoms with Crippen molar-refractivity contribution in [1.82, 2.24) is 10.3 Å². The first-order chi connectivity index (χ1) is 8.25. The quantitative estimate of drug-likeness (QED) is 0.923. The van der Waals surface area contributed by atoms with E-state index in [0.717, 1.165) is 18.0 Å². The van der Waals surface area contributed by atoms with Crippen molar-refractivity contribution in [2.24, 2.45) is 0 Å². The van der Waals surface area contributed by atoms with E-state index >= 15 is 0 Å². The fourth-order valence-corrected chi connectivity index (χ4v) is 4.78. The van der Waals surface area contributed by atoms with Crippen LogP contribution >= 0.6 is 11.3 Å². The molecule has 18 heavy (non-hydrogen) atoms. The van der Waals surface area contributed by atoms with Crippen molar-refractivity contribution in [3.8, 4) is 0 Å². The van der Waals surface area contributed by atoms with Gasteiger partial charge < -0.3 is 5.32 Å². The number of aromatic nitrogens is 1. The van der Waals surface area contributed by atoms with Gasteiger partial charge in [0, 0.05) is 29.1 Å². The molecule has 0 spiro atoms. The Balaban J connectivity index is 1.99. The summed E-state index contributed by atoms with van der Waals surface area (Å²) in [6.45, 7) is 7.16. The van der Waals surface area contributed by atoms with Crippen LogP contribution in [0.2, 0.25) is 0 Å². The summed E-state index contributed by atoms with van der Waals surface area (Å²) < 4.78 is 22.9. The van der Waals surface area contributed by atoms with Crippen LogP contribution in [-0.4, -0.2) is 30.4 Å². The molecule has 1 aromatic heterocycles. The molecule has 1 atom stereocenters. The van der Waals surface area contributed by atoms with Crippen LogP contribution in [0.25, 0.3) is 0 Å². The maximum absolute atomic E-state index is 11.4. The lowest BCUT2D eigenvalue weighted by Crippen LogP contribution is -2.34. The molecule has 0 aliphatic carbocycles. The summed E-state index contributed by atoms with van der Waals surface area (Å²) in [4.78, 5) is 5.55. The van der Waals surface area contributed by atoms with Gasteiger partial charge >= 0.3 is 0 Å². The minimum Gasteiger partial charge on any atom is -0.307 e. The molecule has 1 aliphatic rings. The number of hydrogen-bond donors (Lipinski definition) is 1. The molecule has 1 fully saturated rings. The minimum absolute atomic E-state index is 0.0842. The van der Waals surface area contributed by atoms with Gasteiger partial charge in [0.05, 0.1) is 16.5 Å². The molecule has 0 saturated carbocycles. The molecule has 1 N–H and O–H groups in total. The SMILES string of the molecule is CC(C)(C)NCc1cnc(C2CCS(=O)(=O)C2)s1. The number of thiazole rings is 1. The average Bonchev–Trinajstić information content (AvgIpc) is 2.80. The number of rotatable bonds is 3. The first-order valence-corrected chi connectivity index (χ1v) is 8.79. The van der Waals surface area contributed by atoms with Crippen LogP contribution in [0.15, 0.2) is 6.20 Å². The molecular formula is C12H20N2O2S2. The summed E-state index contributed by atoms with van der Waals surface area (Å²) in [6.07, 6.45) is 2.59. The molecule has 4 nitrogen and oxygen atoms in total. The van der Waals surface area contributed by atoms with Gasteiger partial charge in [0.15, 0.2) is 9.84 Å². The van der Waals surface area contributed by atoms with Crippen molar-refractivity contribution in [3.63, 3.8) is 0 Å². The summed E-state index contributed by atoms with van der Waals surface area (Å²) in [5.74, 6) is 0.697. The van der Waals surface area contributed by atoms with Crippen molar-refractivity contribution >= 4 is 21.2 Å². The Morgan fingerprint density at radius 3 is 2.78 bits per heavy atom. The van der Waals surface area contributed by atoms with Gasteiger partial charge in [-0.05, 0) is 27.2 Å². The summed E-state index contributed by atoms with van der Waals surface area (Å²) in [6, 6.07) is 0. The lowest BCUT2D eigenvalue weighted by molar-refractivity contribution is 0.426. The Hall–Kier alpha value is -0.460. The topological polar surface area (TPSA) is 59.1 Å². The molecular weight excluding hydrogens is 268 g/mol. The van der Waals surface area contributed by atoms with Crippen molar-refractivity contribution in [3.05, 3.63) is 16.1 Å². The Bertz CT molecular complexity index is 514. The summed E-state index contributed by atoms with van der Waals surface area (Å²) in [7, 11) is -2.82. The lowest BCUT2D eigenvalue weighted by Gasteiger charge is -2.19. The summed E-state index contributed by atoms with van der Waals surface area (Å²) in [5, 5.41) is 4.38. The van der Waals surface area contributed by atoms with E-state index in [1.807, 2.05) is 6.20 Å². The van der Waals surface area contributed by atoms with Gasteiger partial charge in [-0.3, -0.25) is 0 Å². The van der Waals surface area contributed by atoms with Crippen LogP contribution in [0.5, 0.6) is 0 Å². The predicted octanol–water partition coefficient (Wildman–Crippen LogP) is 1.93. The molecule has 1 unspecified atom stereocenters. The first kappa shape index (κ1) is 14.0. The molecule has 2 rings (SSSR count). The van der Waals surface area contributed by atoms with E-state index in [9.17, 15) is 8.42 Å². The second-order valence-corrected chi connectivity index (χ2v) is 9.24. The van der Waals surface area contributed by atoms with Crippen LogP contribution in [0, 0.1) is 0 Å². The molecule has 1 saturated heterocycles. The standard InChI is InChI=1S/C12H20N2O2S2/c1-12(2,3)14-7-10-6-13-11(17-10)9-4-5-18(15,16)8-9/h6,9,14H,4-5,7-8H2,1-3H3. The zero-order chi connectivity index (χ0) is 13.4.